The summed E-state index contributed by atoms with van der Waals surface area (Å²) in [4.78, 5) is 31.9. The Morgan fingerprint density at radius 3 is 0.595 bits per heavy atom. The van der Waals surface area contributed by atoms with Gasteiger partial charge in [-0.2, -0.15) is 0 Å². The maximum absolute atomic E-state index is 15.9. The van der Waals surface area contributed by atoms with Gasteiger partial charge in [0.05, 0.1) is 70.6 Å². The maximum Gasteiger partial charge on any atom is 0.260 e. The minimum atomic E-state index is -0.948. The number of ether oxygens (including phenoxy) is 4. The summed E-state index contributed by atoms with van der Waals surface area (Å²) >= 11 is 0. The molecule has 19 aromatic rings. The van der Waals surface area contributed by atoms with Crippen molar-refractivity contribution in [3.05, 3.63) is 263 Å². The molecular formula is C130H176N10O8. The van der Waals surface area contributed by atoms with E-state index in [1.165, 1.54) is 205 Å². The number of nitrogens with zero attached hydrogens (tertiary/aromatic N) is 10. The van der Waals surface area contributed by atoms with Gasteiger partial charge in [0.25, 0.3) is 11.4 Å². The minimum absolute atomic E-state index is 0.388. The van der Waals surface area contributed by atoms with Crippen molar-refractivity contribution in [2.24, 2.45) is 0 Å². The zero-order chi connectivity index (χ0) is 105. The molecule has 0 fully saturated rings. The van der Waals surface area contributed by atoms with E-state index in [0.717, 1.165) is 139 Å². The molecular weight excluding hydrogens is 1830 g/mol. The molecule has 8 aromatic heterocycles. The summed E-state index contributed by atoms with van der Waals surface area (Å²) in [7, 11) is 0. The van der Waals surface area contributed by atoms with Crippen LogP contribution in [0.2, 0.25) is 0 Å². The minimum Gasteiger partial charge on any atom is -0.758 e. The molecule has 0 aliphatic heterocycles. The third-order valence-electron chi connectivity index (χ3n) is 28.5. The van der Waals surface area contributed by atoms with Crippen LogP contribution in [0.3, 0.4) is 0 Å². The predicted molar refractivity (Wildman–Crippen MR) is 628 cm³/mol. The Bertz CT molecular complexity index is 6220. The predicted octanol–water partition coefficient (Wildman–Crippen LogP) is 38.6. The summed E-state index contributed by atoms with van der Waals surface area (Å²) in [5.74, 6) is 3.02. The number of benzene rings is 11. The summed E-state index contributed by atoms with van der Waals surface area (Å²) in [6.45, 7) is 34.7. The molecule has 148 heavy (non-hydrogen) atoms. The van der Waals surface area contributed by atoms with Crippen molar-refractivity contribution >= 4 is 100.0 Å². The number of hydroxylamine groups is 2. The molecule has 0 atom stereocenters. The topological polar surface area (TPSA) is 158 Å². The van der Waals surface area contributed by atoms with E-state index in [9.17, 15) is 0 Å². The van der Waals surface area contributed by atoms with E-state index < -0.39 is 22.2 Å². The van der Waals surface area contributed by atoms with E-state index in [1.807, 2.05) is 132 Å². The number of nitroso groups, excluding NO2 is 2. The van der Waals surface area contributed by atoms with Crippen molar-refractivity contribution in [2.75, 3.05) is 36.6 Å². The second-order valence-corrected chi connectivity index (χ2v) is 45.4. The van der Waals surface area contributed by atoms with Gasteiger partial charge in [-0.3, -0.25) is 0 Å². The maximum atomic E-state index is 15.9. The summed E-state index contributed by atoms with van der Waals surface area (Å²) < 4.78 is 41.9. The lowest BCUT2D eigenvalue weighted by Crippen LogP contribution is -2.36. The van der Waals surface area contributed by atoms with Crippen molar-refractivity contribution in [3.63, 3.8) is 0 Å². The summed E-state index contributed by atoms with van der Waals surface area (Å²) in [5, 5.41) is 34.1. The molecule has 0 saturated heterocycles. The smallest absolute Gasteiger partial charge is 0.260 e. The van der Waals surface area contributed by atoms with Crippen LogP contribution < -0.4 is 29.1 Å². The zero-order valence-corrected chi connectivity index (χ0v) is 92.9. The van der Waals surface area contributed by atoms with Crippen LogP contribution in [-0.4, -0.2) is 85.2 Å². The lowest BCUT2D eigenvalue weighted by Gasteiger charge is -2.43. The van der Waals surface area contributed by atoms with E-state index in [1.54, 1.807) is 0 Å². The zero-order valence-electron chi connectivity index (χ0n) is 92.9. The molecule has 0 unspecified atom stereocenters. The number of rotatable bonds is 56. The monoisotopic (exact) mass is 2010 g/mol. The second-order valence-electron chi connectivity index (χ2n) is 45.4. The molecule has 0 aliphatic carbocycles. The van der Waals surface area contributed by atoms with E-state index in [-0.39, 0.29) is 0 Å². The number of hydrogen-bond donors (Lipinski definition) is 0. The van der Waals surface area contributed by atoms with Crippen LogP contribution in [0.15, 0.2) is 243 Å². The number of aromatic nitrogens is 6. The molecule has 0 amide bonds. The van der Waals surface area contributed by atoms with Gasteiger partial charge in [-0.25, -0.2) is 0 Å². The molecule has 0 N–H and O–H groups in total. The molecule has 0 aliphatic rings. The van der Waals surface area contributed by atoms with Crippen LogP contribution in [0, 0.1) is 20.2 Å². The number of anilines is 2. The molecule has 18 nitrogen and oxygen atoms in total. The van der Waals surface area contributed by atoms with Crippen molar-refractivity contribution in [1.29, 1.82) is 0 Å². The first-order valence-corrected chi connectivity index (χ1v) is 57.0. The average molecular weight is 2010 g/mol. The Morgan fingerprint density at radius 1 is 0.216 bits per heavy atom. The highest BCUT2D eigenvalue weighted by molar-refractivity contribution is 5.86. The van der Waals surface area contributed by atoms with Crippen LogP contribution in [0.25, 0.3) is 100.0 Å². The van der Waals surface area contributed by atoms with Gasteiger partial charge in [-0.15, -0.1) is 0 Å². The number of unbranched alkanes of at least 4 members (excludes halogenated alkanes) is 36. The van der Waals surface area contributed by atoms with Gasteiger partial charge >= 0.3 is 0 Å². The Labute approximate surface area is 884 Å². The molecule has 0 radical (unpaired) electrons. The van der Waals surface area contributed by atoms with E-state index >= 15 is 20.2 Å². The Hall–Kier alpha value is -11.9. The first kappa shape index (κ1) is 113. The lowest BCUT2D eigenvalue weighted by molar-refractivity contribution is -0.540. The van der Waals surface area contributed by atoms with Crippen LogP contribution >= 0.6 is 0 Å². The van der Waals surface area contributed by atoms with Crippen molar-refractivity contribution in [1.82, 2.24) is 27.1 Å². The van der Waals surface area contributed by atoms with Gasteiger partial charge in [0.15, 0.2) is 0 Å². The first-order valence-electron chi connectivity index (χ1n) is 57.0. The van der Waals surface area contributed by atoms with Gasteiger partial charge in [0.1, 0.15) is 23.0 Å². The first-order chi connectivity index (χ1) is 71.5. The summed E-state index contributed by atoms with van der Waals surface area (Å²) in [5.41, 5.74) is 10.5. The highest BCUT2D eigenvalue weighted by Crippen LogP contribution is 2.39. The number of hydrogen-bond acceptors (Lipinski definition) is 10. The van der Waals surface area contributed by atoms with E-state index in [2.05, 4.69) is 249 Å². The van der Waals surface area contributed by atoms with Gasteiger partial charge < -0.3 is 66.6 Å². The van der Waals surface area contributed by atoms with Crippen LogP contribution in [-0.2, 0) is 0 Å². The average Bonchev–Trinajstić information content (AvgIpc) is 0.746. The van der Waals surface area contributed by atoms with E-state index in [4.69, 9.17) is 18.9 Å². The highest BCUT2D eigenvalue weighted by Gasteiger charge is 2.34. The van der Waals surface area contributed by atoms with Crippen molar-refractivity contribution < 1.29 is 28.5 Å². The third-order valence-corrected chi connectivity index (χ3v) is 28.5. The van der Waals surface area contributed by atoms with Crippen LogP contribution in [0.4, 0.5) is 22.7 Å². The second kappa shape index (κ2) is 56.1. The van der Waals surface area contributed by atoms with Crippen molar-refractivity contribution in [2.45, 2.75) is 390 Å². The van der Waals surface area contributed by atoms with Gasteiger partial charge in [-0.05, 0) is 286 Å². The summed E-state index contributed by atoms with van der Waals surface area (Å²) in [6, 6.07) is 83.2. The van der Waals surface area contributed by atoms with Gasteiger partial charge in [0.2, 0.25) is 11.1 Å². The SMILES string of the molecule is CCCCCCCCCCCCOc1ccc(-n2c3ccc(cc3)n(-c3ccc(OCCCCCCCCCCCC)cc3)c3cc(N([O-])C(C)(C)C)cc(c3)n3c4ccc(cc4)n(c4cc(N([O-])C(C)(C)C)cc2c4)c2cc([N+](=O)C(C)(C)C)cc(c2)n(-c2ccc(OCCCCCCCCCCCC)cc2)c2ccc(cc2)n(-c2ccc(OCCCCCCCCCCCC)cc2)c2cc([N+](=O)C(C)(C)C)cc3c2)cc1. The fourth-order valence-electron chi connectivity index (χ4n) is 20.2. The molecule has 19 rings (SSSR count). The Balaban J connectivity index is 1.14. The van der Waals surface area contributed by atoms with Crippen molar-refractivity contribution in [3.8, 4) is 45.7 Å². The molecule has 0 spiro atoms. The Morgan fingerprint density at radius 2 is 0.392 bits per heavy atom. The largest absolute Gasteiger partial charge is 0.758 e. The standard InChI is InChI=1S/C130H176N10O8/c1-17-21-25-29-33-37-41-45-49-53-85-145-123-77-69-107(70-78-123)131-101-57-59-102(60-58-101)132(108-71-79-124(80-72-108)146-86-54-50-46-42-38-34-30-26-22-18-2)112-91-117(99-121(94-112)139(143)129(11,12)13)136-106-67-65-105(66-68-106)135(115-89-111(131)93-119(97-115)137(141)127(5,6)7)116-90-113(95-120(98-116)138(142)128(8,9)10)133(109-73-81-125(82-74-109)147-87-55-51-47-43-39-35-31-27-23-19-3)103-61-63-104(64-62-103)134(114-92-118(136)100-122(96-114)140(144)130(14,15)16)110-75-83-126(84-76-110)148-88-56-52-48-44-40-36-32-28-24-20-4/h57-84,89-100H,17-56,85-88H2,1-16H3. The quantitative estimate of drug-likeness (QED) is 0.0204. The molecule has 16 bridgehead atoms. The molecule has 18 heteroatoms. The fourth-order valence-corrected chi connectivity index (χ4v) is 20.2. The van der Waals surface area contributed by atoms with Crippen LogP contribution in [0.1, 0.15) is 368 Å². The molecule has 11 aromatic carbocycles. The summed E-state index contributed by atoms with van der Waals surface area (Å²) in [6.07, 6.45) is 49.0. The molecule has 0 saturated carbocycles. The molecule has 8 heterocycles. The fraction of sp³-hybridized carbons (Fsp3) is 0.492. The lowest BCUT2D eigenvalue weighted by atomic mass is 10.1. The van der Waals surface area contributed by atoms with Crippen LogP contribution in [0.5, 0.6) is 23.0 Å². The normalized spacial score (nSPS) is 12.0. The Kier molecular flexibility index (Phi) is 43.0. The molecule has 794 valence electrons. The highest BCUT2D eigenvalue weighted by atomic mass is 16.5. The van der Waals surface area contributed by atoms with Gasteiger partial charge in [-0.1, -0.05) is 259 Å². The van der Waals surface area contributed by atoms with Gasteiger partial charge in [0, 0.05) is 163 Å². The van der Waals surface area contributed by atoms with E-state index in [0.29, 0.717) is 104 Å². The third kappa shape index (κ3) is 32.6.